The number of nitrogens with one attached hydrogen (secondary N) is 3. The van der Waals surface area contributed by atoms with E-state index in [-0.39, 0.29) is 18.4 Å². The van der Waals surface area contributed by atoms with E-state index in [9.17, 15) is 9.59 Å². The molecule has 0 rings (SSSR count). The maximum atomic E-state index is 11.4. The van der Waals surface area contributed by atoms with Crippen LogP contribution in [0, 0.1) is 0 Å². The fraction of sp³-hybridized carbons (Fsp3) is 0.636. The van der Waals surface area contributed by atoms with E-state index in [1.165, 1.54) is 0 Å². The average Bonchev–Trinajstić information content (AvgIpc) is 2.33. The molecule has 0 aliphatic carbocycles. The Kier molecular flexibility index (Phi) is 8.99. The van der Waals surface area contributed by atoms with Crippen LogP contribution in [0.1, 0.15) is 6.92 Å². The van der Waals surface area contributed by atoms with E-state index in [4.69, 9.17) is 4.74 Å². The lowest BCUT2D eigenvalue weighted by molar-refractivity contribution is -0.123. The van der Waals surface area contributed by atoms with E-state index in [0.29, 0.717) is 19.7 Å². The molecule has 0 aromatic heterocycles. The maximum Gasteiger partial charge on any atom is 0.237 e. The Hall–Kier alpha value is -1.40. The lowest BCUT2D eigenvalue weighted by Crippen LogP contribution is -2.46. The Bertz CT molecular complexity index is 256. The monoisotopic (exact) mass is 243 g/mol. The Morgan fingerprint density at radius 3 is 2.71 bits per heavy atom. The van der Waals surface area contributed by atoms with Crippen molar-refractivity contribution in [3.05, 3.63) is 12.7 Å². The van der Waals surface area contributed by atoms with Crippen molar-refractivity contribution < 1.29 is 14.3 Å². The third kappa shape index (κ3) is 8.41. The van der Waals surface area contributed by atoms with Crippen molar-refractivity contribution in [2.45, 2.75) is 13.0 Å². The molecular formula is C11H21N3O3. The zero-order chi connectivity index (χ0) is 13.1. The highest BCUT2D eigenvalue weighted by Gasteiger charge is 2.12. The van der Waals surface area contributed by atoms with Gasteiger partial charge >= 0.3 is 0 Å². The molecular weight excluding hydrogens is 222 g/mol. The third-order valence-electron chi connectivity index (χ3n) is 2.01. The van der Waals surface area contributed by atoms with Gasteiger partial charge in [0.15, 0.2) is 0 Å². The lowest BCUT2D eigenvalue weighted by Gasteiger charge is -2.13. The topological polar surface area (TPSA) is 79.5 Å². The quantitative estimate of drug-likeness (QED) is 0.359. The Morgan fingerprint density at radius 1 is 1.41 bits per heavy atom. The van der Waals surface area contributed by atoms with Gasteiger partial charge in [-0.2, -0.15) is 0 Å². The summed E-state index contributed by atoms with van der Waals surface area (Å²) in [4.78, 5) is 22.7. The molecule has 1 atom stereocenters. The third-order valence-corrected chi connectivity index (χ3v) is 2.01. The number of amides is 2. The van der Waals surface area contributed by atoms with Gasteiger partial charge in [-0.15, -0.1) is 6.58 Å². The van der Waals surface area contributed by atoms with Crippen molar-refractivity contribution in [2.24, 2.45) is 0 Å². The summed E-state index contributed by atoms with van der Waals surface area (Å²) in [6.07, 6.45) is 1.60. The van der Waals surface area contributed by atoms with Gasteiger partial charge in [0.05, 0.1) is 19.2 Å². The van der Waals surface area contributed by atoms with Crippen molar-refractivity contribution in [3.63, 3.8) is 0 Å². The van der Waals surface area contributed by atoms with Crippen LogP contribution in [0.3, 0.4) is 0 Å². The summed E-state index contributed by atoms with van der Waals surface area (Å²) in [5.41, 5.74) is 0. The highest BCUT2D eigenvalue weighted by Crippen LogP contribution is 1.81. The molecule has 98 valence electrons. The first-order valence-electron chi connectivity index (χ1n) is 5.49. The van der Waals surface area contributed by atoms with Crippen LogP contribution in [0.5, 0.6) is 0 Å². The normalized spacial score (nSPS) is 11.6. The molecule has 0 spiro atoms. The Balaban J connectivity index is 3.67. The van der Waals surface area contributed by atoms with Gasteiger partial charge in [0.1, 0.15) is 0 Å². The molecule has 0 radical (unpaired) electrons. The summed E-state index contributed by atoms with van der Waals surface area (Å²) in [6.45, 7) is 6.66. The van der Waals surface area contributed by atoms with Crippen molar-refractivity contribution in [2.75, 3.05) is 33.4 Å². The first-order valence-corrected chi connectivity index (χ1v) is 5.49. The number of ether oxygens (including phenoxy) is 1. The fourth-order valence-corrected chi connectivity index (χ4v) is 1.02. The van der Waals surface area contributed by atoms with Crippen LogP contribution in [0.25, 0.3) is 0 Å². The second kappa shape index (κ2) is 9.80. The second-order valence-corrected chi connectivity index (χ2v) is 3.48. The molecule has 0 saturated carbocycles. The van der Waals surface area contributed by atoms with Gasteiger partial charge in [-0.05, 0) is 6.92 Å². The Labute approximate surface area is 102 Å². The molecule has 0 aromatic rings. The van der Waals surface area contributed by atoms with Crippen LogP contribution in [0.15, 0.2) is 12.7 Å². The summed E-state index contributed by atoms with van der Waals surface area (Å²) >= 11 is 0. The van der Waals surface area contributed by atoms with Gasteiger partial charge in [-0.3, -0.25) is 14.9 Å². The van der Waals surface area contributed by atoms with Crippen LogP contribution < -0.4 is 16.0 Å². The van der Waals surface area contributed by atoms with Gasteiger partial charge < -0.3 is 15.4 Å². The SMILES string of the molecule is C=CCNC(=O)C(C)NCC(=O)NCCOC. The molecule has 0 fully saturated rings. The molecule has 2 amide bonds. The van der Waals surface area contributed by atoms with E-state index in [1.54, 1.807) is 20.1 Å². The van der Waals surface area contributed by atoms with Crippen LogP contribution in [-0.4, -0.2) is 51.2 Å². The second-order valence-electron chi connectivity index (χ2n) is 3.48. The van der Waals surface area contributed by atoms with Gasteiger partial charge in [0, 0.05) is 20.2 Å². The molecule has 6 heteroatoms. The van der Waals surface area contributed by atoms with Crippen LogP contribution in [0.2, 0.25) is 0 Å². The first-order chi connectivity index (χ1) is 8.11. The van der Waals surface area contributed by atoms with E-state index in [2.05, 4.69) is 22.5 Å². The predicted octanol–water partition coefficient (Wildman–Crippen LogP) is -0.971. The molecule has 0 aliphatic rings. The number of hydrogen-bond acceptors (Lipinski definition) is 4. The largest absolute Gasteiger partial charge is 0.383 e. The molecule has 0 bridgehead atoms. The minimum absolute atomic E-state index is 0.104. The molecule has 0 aromatic carbocycles. The number of rotatable bonds is 9. The minimum atomic E-state index is -0.414. The first kappa shape index (κ1) is 15.6. The van der Waals surface area contributed by atoms with Crippen molar-refractivity contribution in [1.82, 2.24) is 16.0 Å². The summed E-state index contributed by atoms with van der Waals surface area (Å²) in [5.74, 6) is -0.319. The number of carbonyl (C=O) groups is 2. The van der Waals surface area contributed by atoms with Crippen molar-refractivity contribution >= 4 is 11.8 Å². The van der Waals surface area contributed by atoms with Crippen LogP contribution in [0.4, 0.5) is 0 Å². The molecule has 3 N–H and O–H groups in total. The van der Waals surface area contributed by atoms with Gasteiger partial charge in [0.25, 0.3) is 0 Å². The van der Waals surface area contributed by atoms with Gasteiger partial charge in [0.2, 0.25) is 11.8 Å². The highest BCUT2D eigenvalue weighted by atomic mass is 16.5. The van der Waals surface area contributed by atoms with E-state index < -0.39 is 6.04 Å². The summed E-state index contributed by atoms with van der Waals surface area (Å²) in [6, 6.07) is -0.414. The standard InChI is InChI=1S/C11H21N3O3/c1-4-5-13-11(16)9(2)14-8-10(15)12-6-7-17-3/h4,9,14H,1,5-8H2,2-3H3,(H,12,15)(H,13,16). The van der Waals surface area contributed by atoms with E-state index >= 15 is 0 Å². The summed E-state index contributed by atoms with van der Waals surface area (Å²) in [5, 5.41) is 8.10. The van der Waals surface area contributed by atoms with Crippen molar-refractivity contribution in [3.8, 4) is 0 Å². The number of carbonyl (C=O) groups excluding carboxylic acids is 2. The van der Waals surface area contributed by atoms with Crippen molar-refractivity contribution in [1.29, 1.82) is 0 Å². The molecule has 0 saturated heterocycles. The predicted molar refractivity (Wildman–Crippen MR) is 65.6 cm³/mol. The summed E-state index contributed by atoms with van der Waals surface area (Å²) in [7, 11) is 1.57. The van der Waals surface area contributed by atoms with E-state index in [0.717, 1.165) is 0 Å². The molecule has 1 unspecified atom stereocenters. The van der Waals surface area contributed by atoms with E-state index in [1.807, 2.05) is 0 Å². The zero-order valence-corrected chi connectivity index (χ0v) is 10.4. The van der Waals surface area contributed by atoms with Gasteiger partial charge in [-0.1, -0.05) is 6.08 Å². The smallest absolute Gasteiger partial charge is 0.237 e. The van der Waals surface area contributed by atoms with Crippen LogP contribution in [-0.2, 0) is 14.3 Å². The minimum Gasteiger partial charge on any atom is -0.383 e. The number of hydrogen-bond donors (Lipinski definition) is 3. The lowest BCUT2D eigenvalue weighted by atomic mass is 10.3. The molecule has 6 nitrogen and oxygen atoms in total. The number of methoxy groups -OCH3 is 1. The van der Waals surface area contributed by atoms with Crippen LogP contribution >= 0.6 is 0 Å². The van der Waals surface area contributed by atoms with Gasteiger partial charge in [-0.25, -0.2) is 0 Å². The molecule has 17 heavy (non-hydrogen) atoms. The highest BCUT2D eigenvalue weighted by molar-refractivity contribution is 5.83. The fourth-order valence-electron chi connectivity index (χ4n) is 1.02. The maximum absolute atomic E-state index is 11.4. The zero-order valence-electron chi connectivity index (χ0n) is 10.4. The Morgan fingerprint density at radius 2 is 2.12 bits per heavy atom. The molecule has 0 aliphatic heterocycles. The molecule has 0 heterocycles. The average molecular weight is 243 g/mol. The summed E-state index contributed by atoms with van der Waals surface area (Å²) < 4.78 is 4.79.